The van der Waals surface area contributed by atoms with Crippen molar-refractivity contribution in [1.82, 2.24) is 29.8 Å². The maximum absolute atomic E-state index is 14.4. The van der Waals surface area contributed by atoms with Crippen LogP contribution in [0.1, 0.15) is 5.69 Å². The van der Waals surface area contributed by atoms with Crippen LogP contribution in [0.5, 0.6) is 5.88 Å². The second-order valence-electron chi connectivity index (χ2n) is 7.65. The zero-order chi connectivity index (χ0) is 22.9. The molecule has 5 rings (SSSR count). The largest absolute Gasteiger partial charge is 0.471 e. The summed E-state index contributed by atoms with van der Waals surface area (Å²) in [5.41, 5.74) is 1.56. The van der Waals surface area contributed by atoms with E-state index in [1.54, 1.807) is 25.5 Å². The highest BCUT2D eigenvalue weighted by Gasteiger charge is 2.29. The molecule has 3 aromatic heterocycles. The summed E-state index contributed by atoms with van der Waals surface area (Å²) in [6.45, 7) is 1.35. The van der Waals surface area contributed by atoms with E-state index in [1.807, 2.05) is 23.1 Å². The Hall–Kier alpha value is -3.79. The lowest BCUT2D eigenvalue weighted by atomic mass is 10.1. The van der Waals surface area contributed by atoms with E-state index in [0.29, 0.717) is 36.0 Å². The number of rotatable bonds is 6. The molecule has 11 heteroatoms. The molecule has 0 radical (unpaired) electrons. The molecule has 9 nitrogen and oxygen atoms in total. The first kappa shape index (κ1) is 21.1. The number of benzene rings is 1. The normalized spacial score (nSPS) is 13.7. The van der Waals surface area contributed by atoms with Gasteiger partial charge in [0.25, 0.3) is 5.56 Å². The SMILES string of the molecule is Cn1nnc(-c2ccc(Cl)cc2F)c1Cn1ncc(N2CC(Oc3ccccn3)C2)cc1=O. The number of hydrogen-bond acceptors (Lipinski definition) is 7. The fraction of sp³-hybridized carbons (Fsp3) is 0.227. The minimum atomic E-state index is -0.514. The third kappa shape index (κ3) is 4.29. The molecule has 0 spiro atoms. The van der Waals surface area contributed by atoms with Gasteiger partial charge in [0, 0.05) is 36.0 Å². The summed E-state index contributed by atoms with van der Waals surface area (Å²) in [7, 11) is 1.68. The summed E-state index contributed by atoms with van der Waals surface area (Å²) < 4.78 is 23.0. The molecule has 0 N–H and O–H groups in total. The van der Waals surface area contributed by atoms with Gasteiger partial charge >= 0.3 is 0 Å². The first-order valence-electron chi connectivity index (χ1n) is 10.2. The van der Waals surface area contributed by atoms with Crippen molar-refractivity contribution in [3.8, 4) is 17.1 Å². The lowest BCUT2D eigenvalue weighted by Gasteiger charge is -2.40. The van der Waals surface area contributed by atoms with Crippen LogP contribution in [-0.2, 0) is 13.6 Å². The fourth-order valence-electron chi connectivity index (χ4n) is 3.61. The second kappa shape index (κ2) is 8.62. The minimum Gasteiger partial charge on any atom is -0.471 e. The van der Waals surface area contributed by atoms with Crippen molar-refractivity contribution in [1.29, 1.82) is 0 Å². The van der Waals surface area contributed by atoms with E-state index in [2.05, 4.69) is 20.4 Å². The van der Waals surface area contributed by atoms with Crippen LogP contribution >= 0.6 is 11.6 Å². The molecule has 4 heterocycles. The molecular weight excluding hydrogens is 449 g/mol. The van der Waals surface area contributed by atoms with Gasteiger partial charge in [0.1, 0.15) is 17.6 Å². The Balaban J connectivity index is 1.31. The van der Waals surface area contributed by atoms with Crippen LogP contribution in [0.3, 0.4) is 0 Å². The average Bonchev–Trinajstić information content (AvgIpc) is 3.12. The molecular formula is C22H19ClFN7O2. The molecule has 1 aliphatic heterocycles. The molecule has 33 heavy (non-hydrogen) atoms. The second-order valence-corrected chi connectivity index (χ2v) is 8.09. The van der Waals surface area contributed by atoms with Gasteiger partial charge in [-0.2, -0.15) is 5.10 Å². The molecule has 1 aliphatic rings. The van der Waals surface area contributed by atoms with Gasteiger partial charge in [0.15, 0.2) is 0 Å². The average molecular weight is 468 g/mol. The third-order valence-corrected chi connectivity index (χ3v) is 5.66. The van der Waals surface area contributed by atoms with Gasteiger partial charge in [-0.3, -0.25) is 4.79 Å². The molecule has 1 fully saturated rings. The van der Waals surface area contributed by atoms with Crippen LogP contribution in [0.25, 0.3) is 11.3 Å². The van der Waals surface area contributed by atoms with E-state index in [1.165, 1.54) is 27.6 Å². The van der Waals surface area contributed by atoms with Crippen molar-refractivity contribution >= 4 is 17.3 Å². The summed E-state index contributed by atoms with van der Waals surface area (Å²) >= 11 is 5.85. The van der Waals surface area contributed by atoms with Crippen molar-refractivity contribution < 1.29 is 9.13 Å². The van der Waals surface area contributed by atoms with E-state index in [4.69, 9.17) is 16.3 Å². The molecule has 168 valence electrons. The fourth-order valence-corrected chi connectivity index (χ4v) is 3.77. The van der Waals surface area contributed by atoms with Crippen molar-refractivity contribution in [2.45, 2.75) is 12.6 Å². The van der Waals surface area contributed by atoms with Crippen molar-refractivity contribution in [3.63, 3.8) is 0 Å². The maximum Gasteiger partial charge on any atom is 0.269 e. The summed E-state index contributed by atoms with van der Waals surface area (Å²) in [4.78, 5) is 18.9. The van der Waals surface area contributed by atoms with Gasteiger partial charge in [0.2, 0.25) is 5.88 Å². The highest BCUT2D eigenvalue weighted by atomic mass is 35.5. The number of aryl methyl sites for hydroxylation is 1. The number of aromatic nitrogens is 6. The highest BCUT2D eigenvalue weighted by molar-refractivity contribution is 6.30. The lowest BCUT2D eigenvalue weighted by Crippen LogP contribution is -2.54. The van der Waals surface area contributed by atoms with Gasteiger partial charge in [0.05, 0.1) is 37.2 Å². The number of pyridine rings is 1. The lowest BCUT2D eigenvalue weighted by molar-refractivity contribution is 0.160. The Morgan fingerprint density at radius 2 is 2.06 bits per heavy atom. The summed E-state index contributed by atoms with van der Waals surface area (Å²) in [5.74, 6) is 0.0635. The first-order chi connectivity index (χ1) is 16.0. The Labute approximate surface area is 193 Å². The summed E-state index contributed by atoms with van der Waals surface area (Å²) in [6.07, 6.45) is 3.31. The minimum absolute atomic E-state index is 0.000297. The van der Waals surface area contributed by atoms with Crippen molar-refractivity contribution in [3.05, 3.63) is 81.7 Å². The standard InChI is InChI=1S/C22H19ClFN7O2/c1-29-19(22(27-28-29)17-6-5-14(23)8-18(17)24)13-31-21(32)9-15(10-26-31)30-11-16(12-30)33-20-4-2-3-7-25-20/h2-10,16H,11-13H2,1H3. The van der Waals surface area contributed by atoms with Crippen LogP contribution in [0.2, 0.25) is 5.02 Å². The Morgan fingerprint density at radius 1 is 1.21 bits per heavy atom. The Morgan fingerprint density at radius 3 is 2.79 bits per heavy atom. The maximum atomic E-state index is 14.4. The number of anilines is 1. The van der Waals surface area contributed by atoms with E-state index in [0.717, 1.165) is 0 Å². The predicted octanol–water partition coefficient (Wildman–Crippen LogP) is 2.54. The summed E-state index contributed by atoms with van der Waals surface area (Å²) in [6, 6.07) is 11.4. The topological polar surface area (TPSA) is 91.0 Å². The number of nitrogens with zero attached hydrogens (tertiary/aromatic N) is 7. The number of hydrogen-bond donors (Lipinski definition) is 0. The van der Waals surface area contributed by atoms with Gasteiger partial charge in [-0.15, -0.1) is 5.10 Å². The van der Waals surface area contributed by atoms with Crippen molar-refractivity contribution in [2.75, 3.05) is 18.0 Å². The molecule has 0 unspecified atom stereocenters. The molecule has 4 aromatic rings. The third-order valence-electron chi connectivity index (χ3n) is 5.42. The Bertz CT molecular complexity index is 1350. The van der Waals surface area contributed by atoms with Crippen LogP contribution in [0.15, 0.2) is 59.7 Å². The molecule has 1 aromatic carbocycles. The molecule has 0 bridgehead atoms. The zero-order valence-corrected chi connectivity index (χ0v) is 18.4. The molecule has 0 saturated carbocycles. The predicted molar refractivity (Wildman–Crippen MR) is 120 cm³/mol. The van der Waals surface area contributed by atoms with Gasteiger partial charge in [-0.05, 0) is 24.3 Å². The molecule has 0 amide bonds. The smallest absolute Gasteiger partial charge is 0.269 e. The number of halogens is 2. The zero-order valence-electron chi connectivity index (χ0n) is 17.6. The van der Waals surface area contributed by atoms with Crippen molar-refractivity contribution in [2.24, 2.45) is 7.05 Å². The van der Waals surface area contributed by atoms with Crippen LogP contribution in [0, 0.1) is 5.82 Å². The molecule has 0 aliphatic carbocycles. The van der Waals surface area contributed by atoms with E-state index >= 15 is 0 Å². The van der Waals surface area contributed by atoms with Crippen LogP contribution in [0.4, 0.5) is 10.1 Å². The monoisotopic (exact) mass is 467 g/mol. The first-order valence-corrected chi connectivity index (χ1v) is 10.6. The number of ether oxygens (including phenoxy) is 1. The Kier molecular flexibility index (Phi) is 5.51. The van der Waals surface area contributed by atoms with E-state index in [-0.39, 0.29) is 28.8 Å². The molecule has 0 atom stereocenters. The highest BCUT2D eigenvalue weighted by Crippen LogP contribution is 2.27. The van der Waals surface area contributed by atoms with Gasteiger partial charge in [-0.1, -0.05) is 22.9 Å². The molecule has 1 saturated heterocycles. The van der Waals surface area contributed by atoms with Crippen LogP contribution < -0.4 is 15.2 Å². The van der Waals surface area contributed by atoms with Gasteiger partial charge < -0.3 is 9.64 Å². The quantitative estimate of drug-likeness (QED) is 0.430. The summed E-state index contributed by atoms with van der Waals surface area (Å²) in [5, 5.41) is 12.7. The van der Waals surface area contributed by atoms with E-state index in [9.17, 15) is 9.18 Å². The van der Waals surface area contributed by atoms with E-state index < -0.39 is 5.82 Å². The van der Waals surface area contributed by atoms with Crippen LogP contribution in [-0.4, -0.2) is 49.0 Å². The van der Waals surface area contributed by atoms with Gasteiger partial charge in [-0.25, -0.2) is 18.7 Å².